The van der Waals surface area contributed by atoms with Gasteiger partial charge in [0.05, 0.1) is 12.2 Å². The molecule has 0 aromatic heterocycles. The van der Waals surface area contributed by atoms with E-state index in [0.717, 1.165) is 35.2 Å². The lowest BCUT2D eigenvalue weighted by Crippen LogP contribution is -2.28. The van der Waals surface area contributed by atoms with E-state index in [9.17, 15) is 0 Å². The fourth-order valence-corrected chi connectivity index (χ4v) is 2.64. The van der Waals surface area contributed by atoms with Gasteiger partial charge >= 0.3 is 0 Å². The molecular weight excluding hydrogens is 254 g/mol. The van der Waals surface area contributed by atoms with Gasteiger partial charge in [0.25, 0.3) is 0 Å². The van der Waals surface area contributed by atoms with Crippen molar-refractivity contribution >= 4 is 11.4 Å². The van der Waals surface area contributed by atoms with Crippen LogP contribution in [0.3, 0.4) is 0 Å². The molecule has 2 aliphatic heterocycles. The molecule has 0 aliphatic carbocycles. The molecule has 0 atom stereocenters. The van der Waals surface area contributed by atoms with Gasteiger partial charge in [-0.15, -0.1) is 0 Å². The molecule has 4 rings (SSSR count). The highest BCUT2D eigenvalue weighted by Gasteiger charge is 2.21. The van der Waals surface area contributed by atoms with E-state index in [-0.39, 0.29) is 0 Å². The minimum Gasteiger partial charge on any atom is -0.490 e. The van der Waals surface area contributed by atoms with Gasteiger partial charge in [-0.3, -0.25) is 0 Å². The van der Waals surface area contributed by atoms with E-state index in [1.165, 1.54) is 0 Å². The van der Waals surface area contributed by atoms with Crippen LogP contribution in [0.1, 0.15) is 0 Å². The van der Waals surface area contributed by atoms with E-state index >= 15 is 0 Å². The number of hydrogen-bond donors (Lipinski definition) is 0. The smallest absolute Gasteiger partial charge is 0.163 e. The molecule has 0 radical (unpaired) electrons. The number of hydrogen-bond acceptors (Lipinski definition) is 4. The van der Waals surface area contributed by atoms with Crippen LogP contribution < -0.4 is 19.1 Å². The van der Waals surface area contributed by atoms with Crippen LogP contribution >= 0.6 is 0 Å². The zero-order valence-corrected chi connectivity index (χ0v) is 11.0. The second kappa shape index (κ2) is 4.63. The average molecular weight is 269 g/mol. The fourth-order valence-electron chi connectivity index (χ4n) is 2.64. The van der Waals surface area contributed by atoms with Gasteiger partial charge in [-0.25, -0.2) is 0 Å². The lowest BCUT2D eigenvalue weighted by atomic mass is 10.2. The van der Waals surface area contributed by atoms with E-state index in [1.54, 1.807) is 0 Å². The largest absolute Gasteiger partial charge is 0.490 e. The van der Waals surface area contributed by atoms with Crippen molar-refractivity contribution in [3.63, 3.8) is 0 Å². The van der Waals surface area contributed by atoms with Gasteiger partial charge in [0.2, 0.25) is 0 Å². The number of rotatable bonds is 1. The van der Waals surface area contributed by atoms with Crippen LogP contribution in [0.4, 0.5) is 11.4 Å². The van der Waals surface area contributed by atoms with Gasteiger partial charge < -0.3 is 19.1 Å². The Balaban J connectivity index is 1.75. The van der Waals surface area contributed by atoms with Crippen molar-refractivity contribution in [2.24, 2.45) is 0 Å². The molecule has 2 heterocycles. The molecular formula is C16H15NO3. The third-order valence-electron chi connectivity index (χ3n) is 3.57. The maximum atomic E-state index is 5.69. The molecule has 0 bridgehead atoms. The van der Waals surface area contributed by atoms with E-state index < -0.39 is 0 Å². The van der Waals surface area contributed by atoms with Crippen molar-refractivity contribution in [3.8, 4) is 17.2 Å². The number of para-hydroxylation sites is 2. The highest BCUT2D eigenvalue weighted by atomic mass is 16.6. The first-order valence-electron chi connectivity index (χ1n) is 6.81. The van der Waals surface area contributed by atoms with Crippen molar-refractivity contribution in [1.82, 2.24) is 0 Å². The van der Waals surface area contributed by atoms with E-state index in [4.69, 9.17) is 14.2 Å². The highest BCUT2D eigenvalue weighted by molar-refractivity contribution is 5.72. The van der Waals surface area contributed by atoms with Gasteiger partial charge in [-0.05, 0) is 24.3 Å². The van der Waals surface area contributed by atoms with Crippen molar-refractivity contribution in [2.45, 2.75) is 0 Å². The summed E-state index contributed by atoms with van der Waals surface area (Å²) in [6, 6.07) is 14.2. The number of anilines is 2. The Bertz CT molecular complexity index is 641. The number of nitrogens with zero attached hydrogens (tertiary/aromatic N) is 1. The molecule has 4 heteroatoms. The summed E-state index contributed by atoms with van der Waals surface area (Å²) in [6.45, 7) is 2.74. The van der Waals surface area contributed by atoms with E-state index in [0.29, 0.717) is 19.8 Å². The second-order valence-corrected chi connectivity index (χ2v) is 4.80. The minimum atomic E-state index is 0.607. The second-order valence-electron chi connectivity index (χ2n) is 4.80. The van der Waals surface area contributed by atoms with Crippen molar-refractivity contribution in [1.29, 1.82) is 0 Å². The van der Waals surface area contributed by atoms with Gasteiger partial charge in [-0.2, -0.15) is 0 Å². The summed E-state index contributed by atoms with van der Waals surface area (Å²) in [5.74, 6) is 2.56. The van der Waals surface area contributed by atoms with Crippen molar-refractivity contribution in [3.05, 3.63) is 42.5 Å². The molecule has 2 aromatic carbocycles. The molecule has 4 nitrogen and oxygen atoms in total. The molecule has 0 amide bonds. The summed E-state index contributed by atoms with van der Waals surface area (Å²) in [4.78, 5) is 2.25. The van der Waals surface area contributed by atoms with E-state index in [1.807, 2.05) is 30.3 Å². The Kier molecular flexibility index (Phi) is 2.66. The van der Waals surface area contributed by atoms with Crippen LogP contribution in [0.2, 0.25) is 0 Å². The summed E-state index contributed by atoms with van der Waals surface area (Å²) in [5, 5.41) is 0. The van der Waals surface area contributed by atoms with Gasteiger partial charge in [0, 0.05) is 11.8 Å². The third-order valence-corrected chi connectivity index (χ3v) is 3.57. The Hall–Kier alpha value is -2.36. The third kappa shape index (κ3) is 1.84. The van der Waals surface area contributed by atoms with Crippen LogP contribution in [-0.2, 0) is 0 Å². The predicted octanol–water partition coefficient (Wildman–Crippen LogP) is 2.99. The quantitative estimate of drug-likeness (QED) is 0.796. The molecule has 0 spiro atoms. The molecule has 20 heavy (non-hydrogen) atoms. The van der Waals surface area contributed by atoms with Gasteiger partial charge in [0.1, 0.15) is 25.6 Å². The molecule has 0 fully saturated rings. The number of ether oxygens (including phenoxy) is 3. The standard InChI is InChI=1S/C16H15NO3/c1-2-4-14-13(3-1)17(7-8-18-14)12-5-6-15-16(11-12)20-10-9-19-15/h1-6,11H,7-10H2. The molecule has 2 aromatic rings. The monoisotopic (exact) mass is 269 g/mol. The normalized spacial score (nSPS) is 16.3. The van der Waals surface area contributed by atoms with Crippen molar-refractivity contribution in [2.75, 3.05) is 31.3 Å². The van der Waals surface area contributed by atoms with Crippen LogP contribution in [0, 0.1) is 0 Å². The van der Waals surface area contributed by atoms with Crippen LogP contribution in [0.15, 0.2) is 42.5 Å². The molecule has 0 unspecified atom stereocenters. The molecule has 0 N–H and O–H groups in total. The number of fused-ring (bicyclic) bond motifs is 2. The average Bonchev–Trinajstić information content (AvgIpc) is 2.54. The lowest BCUT2D eigenvalue weighted by molar-refractivity contribution is 0.171. The molecule has 0 saturated carbocycles. The van der Waals surface area contributed by atoms with E-state index in [2.05, 4.69) is 17.0 Å². The molecule has 102 valence electrons. The summed E-state index contributed by atoms with van der Waals surface area (Å²) in [5.41, 5.74) is 2.19. The first-order valence-corrected chi connectivity index (χ1v) is 6.81. The highest BCUT2D eigenvalue weighted by Crippen LogP contribution is 2.40. The number of benzene rings is 2. The lowest BCUT2D eigenvalue weighted by Gasteiger charge is -2.32. The van der Waals surface area contributed by atoms with Gasteiger partial charge in [0.15, 0.2) is 11.5 Å². The predicted molar refractivity (Wildman–Crippen MR) is 76.4 cm³/mol. The van der Waals surface area contributed by atoms with Crippen LogP contribution in [0.25, 0.3) is 0 Å². The maximum Gasteiger partial charge on any atom is 0.163 e. The molecule has 0 saturated heterocycles. The SMILES string of the molecule is c1ccc2c(c1)OCCN2c1ccc2c(c1)OCCO2. The summed E-state index contributed by atoms with van der Waals surface area (Å²) in [7, 11) is 0. The van der Waals surface area contributed by atoms with Crippen LogP contribution in [-0.4, -0.2) is 26.4 Å². The Morgan fingerprint density at radius 3 is 2.50 bits per heavy atom. The maximum absolute atomic E-state index is 5.69. The van der Waals surface area contributed by atoms with Gasteiger partial charge in [-0.1, -0.05) is 12.1 Å². The zero-order valence-electron chi connectivity index (χ0n) is 11.0. The molecule has 2 aliphatic rings. The first kappa shape index (κ1) is 11.5. The summed E-state index contributed by atoms with van der Waals surface area (Å²) < 4.78 is 16.9. The Labute approximate surface area is 117 Å². The summed E-state index contributed by atoms with van der Waals surface area (Å²) >= 11 is 0. The van der Waals surface area contributed by atoms with Crippen LogP contribution in [0.5, 0.6) is 17.2 Å². The first-order chi connectivity index (χ1) is 9.92. The zero-order chi connectivity index (χ0) is 13.4. The Morgan fingerprint density at radius 2 is 1.55 bits per heavy atom. The minimum absolute atomic E-state index is 0.607. The fraction of sp³-hybridized carbons (Fsp3) is 0.250. The topological polar surface area (TPSA) is 30.9 Å². The summed E-state index contributed by atoms with van der Waals surface area (Å²) in [6.07, 6.45) is 0. The van der Waals surface area contributed by atoms with Crippen molar-refractivity contribution < 1.29 is 14.2 Å². The Morgan fingerprint density at radius 1 is 0.750 bits per heavy atom.